The van der Waals surface area contributed by atoms with Crippen LogP contribution < -0.4 is 4.74 Å². The van der Waals surface area contributed by atoms with E-state index in [0.29, 0.717) is 12.6 Å². The molecule has 0 spiro atoms. The Labute approximate surface area is 159 Å². The summed E-state index contributed by atoms with van der Waals surface area (Å²) in [5.74, 6) is 1.03. The van der Waals surface area contributed by atoms with Crippen molar-refractivity contribution < 1.29 is 9.53 Å². The molecule has 0 bridgehead atoms. The average Bonchev–Trinajstić information content (AvgIpc) is 2.69. The van der Waals surface area contributed by atoms with Crippen LogP contribution in [0, 0.1) is 0 Å². The number of benzene rings is 1. The van der Waals surface area contributed by atoms with E-state index in [0.717, 1.165) is 47.6 Å². The van der Waals surface area contributed by atoms with Gasteiger partial charge in [-0.2, -0.15) is 0 Å². The quantitative estimate of drug-likeness (QED) is 0.722. The number of carbonyl (C=O) groups excluding carboxylic acids is 1. The molecule has 3 rings (SSSR count). The third-order valence-electron chi connectivity index (χ3n) is 4.44. The van der Waals surface area contributed by atoms with Gasteiger partial charge in [-0.3, -0.25) is 4.79 Å². The van der Waals surface area contributed by atoms with Crippen molar-refractivity contribution in [1.29, 1.82) is 0 Å². The predicted octanol–water partition coefficient (Wildman–Crippen LogP) is 3.83. The Bertz CT molecular complexity index is 736. The number of aromatic nitrogens is 2. The highest BCUT2D eigenvalue weighted by Crippen LogP contribution is 2.25. The standard InChI is InChI=1S/C20H25N3O2S/c1-3-15-12-21-20(22-13-15)25-16-8-7-11-23(14-16)19(24)17-9-5-6-10-18(17)26-4-2/h5-6,9-10,12-13,16H,3-4,7-8,11,14H2,1-2H3. The van der Waals surface area contributed by atoms with E-state index in [2.05, 4.69) is 23.8 Å². The fourth-order valence-corrected chi connectivity index (χ4v) is 3.85. The smallest absolute Gasteiger partial charge is 0.316 e. The fourth-order valence-electron chi connectivity index (χ4n) is 3.05. The first-order chi connectivity index (χ1) is 12.7. The van der Waals surface area contributed by atoms with Crippen molar-refractivity contribution in [3.8, 4) is 6.01 Å². The Morgan fingerprint density at radius 3 is 2.77 bits per heavy atom. The van der Waals surface area contributed by atoms with E-state index in [1.54, 1.807) is 24.2 Å². The summed E-state index contributed by atoms with van der Waals surface area (Å²) in [5.41, 5.74) is 1.87. The SMILES string of the molecule is CCSc1ccccc1C(=O)N1CCCC(Oc2ncc(CC)cn2)C1. The average molecular weight is 372 g/mol. The molecule has 1 fully saturated rings. The second-order valence-corrected chi connectivity index (χ2v) is 7.60. The Kier molecular flexibility index (Phi) is 6.50. The molecule has 2 aromatic rings. The van der Waals surface area contributed by atoms with Gasteiger partial charge in [-0.25, -0.2) is 9.97 Å². The van der Waals surface area contributed by atoms with E-state index < -0.39 is 0 Å². The van der Waals surface area contributed by atoms with Gasteiger partial charge in [-0.15, -0.1) is 11.8 Å². The van der Waals surface area contributed by atoms with Crippen LogP contribution in [0.5, 0.6) is 6.01 Å². The molecule has 0 N–H and O–H groups in total. The van der Waals surface area contributed by atoms with Gasteiger partial charge in [-0.05, 0) is 42.7 Å². The lowest BCUT2D eigenvalue weighted by Gasteiger charge is -2.32. The molecule has 6 heteroatoms. The van der Waals surface area contributed by atoms with E-state index in [1.165, 1.54) is 0 Å². The molecule has 1 unspecified atom stereocenters. The number of aryl methyl sites for hydroxylation is 1. The molecular formula is C20H25N3O2S. The highest BCUT2D eigenvalue weighted by Gasteiger charge is 2.27. The molecule has 5 nitrogen and oxygen atoms in total. The maximum atomic E-state index is 13.0. The first-order valence-electron chi connectivity index (χ1n) is 9.20. The highest BCUT2D eigenvalue weighted by atomic mass is 32.2. The fraction of sp³-hybridized carbons (Fsp3) is 0.450. The van der Waals surface area contributed by atoms with Crippen molar-refractivity contribution in [2.45, 2.75) is 44.1 Å². The first-order valence-corrected chi connectivity index (χ1v) is 10.2. The summed E-state index contributed by atoms with van der Waals surface area (Å²) in [7, 11) is 0. The van der Waals surface area contributed by atoms with Crippen LogP contribution in [-0.4, -0.2) is 45.7 Å². The van der Waals surface area contributed by atoms with Crippen molar-refractivity contribution in [3.63, 3.8) is 0 Å². The summed E-state index contributed by atoms with van der Waals surface area (Å²) in [6.45, 7) is 5.50. The molecule has 26 heavy (non-hydrogen) atoms. The zero-order chi connectivity index (χ0) is 18.4. The molecule has 0 radical (unpaired) electrons. The van der Waals surface area contributed by atoms with E-state index in [1.807, 2.05) is 29.2 Å². The number of amides is 1. The summed E-state index contributed by atoms with van der Waals surface area (Å²) in [5, 5.41) is 0. The van der Waals surface area contributed by atoms with Crippen LogP contribution in [0.4, 0.5) is 0 Å². The van der Waals surface area contributed by atoms with Crippen molar-refractivity contribution in [1.82, 2.24) is 14.9 Å². The van der Waals surface area contributed by atoms with E-state index in [-0.39, 0.29) is 12.0 Å². The molecule has 1 aliphatic rings. The van der Waals surface area contributed by atoms with Crippen LogP contribution in [-0.2, 0) is 6.42 Å². The van der Waals surface area contributed by atoms with Gasteiger partial charge in [0.05, 0.1) is 12.1 Å². The number of ether oxygens (including phenoxy) is 1. The Morgan fingerprint density at radius 1 is 1.27 bits per heavy atom. The molecule has 1 amide bonds. The number of piperidine rings is 1. The van der Waals surface area contributed by atoms with Crippen molar-refractivity contribution in [2.24, 2.45) is 0 Å². The van der Waals surface area contributed by atoms with Crippen LogP contribution in [0.3, 0.4) is 0 Å². The summed E-state index contributed by atoms with van der Waals surface area (Å²) >= 11 is 1.70. The lowest BCUT2D eigenvalue weighted by atomic mass is 10.1. The van der Waals surface area contributed by atoms with Crippen LogP contribution >= 0.6 is 11.8 Å². The van der Waals surface area contributed by atoms with Crippen molar-refractivity contribution in [3.05, 3.63) is 47.8 Å². The number of carbonyl (C=O) groups is 1. The third kappa shape index (κ3) is 4.55. The minimum absolute atomic E-state index is 0.0637. The molecule has 0 saturated carbocycles. The van der Waals surface area contributed by atoms with Crippen LogP contribution in [0.15, 0.2) is 41.6 Å². The van der Waals surface area contributed by atoms with Crippen molar-refractivity contribution in [2.75, 3.05) is 18.8 Å². The van der Waals surface area contributed by atoms with Crippen molar-refractivity contribution >= 4 is 17.7 Å². The number of hydrogen-bond acceptors (Lipinski definition) is 5. The monoisotopic (exact) mass is 371 g/mol. The van der Waals surface area contributed by atoms with Gasteiger partial charge in [0.15, 0.2) is 0 Å². The predicted molar refractivity (Wildman–Crippen MR) is 104 cm³/mol. The van der Waals surface area contributed by atoms with Gasteiger partial charge in [0.1, 0.15) is 6.10 Å². The van der Waals surface area contributed by atoms with Gasteiger partial charge in [0, 0.05) is 23.8 Å². The van der Waals surface area contributed by atoms with Crippen LogP contribution in [0.2, 0.25) is 0 Å². The summed E-state index contributed by atoms with van der Waals surface area (Å²) in [6, 6.07) is 8.23. The zero-order valence-electron chi connectivity index (χ0n) is 15.4. The second kappa shape index (κ2) is 9.03. The lowest BCUT2D eigenvalue weighted by Crippen LogP contribution is -2.44. The summed E-state index contributed by atoms with van der Waals surface area (Å²) in [6.07, 6.45) is 6.27. The molecule has 2 heterocycles. The number of nitrogens with zero attached hydrogens (tertiary/aromatic N) is 3. The summed E-state index contributed by atoms with van der Waals surface area (Å²) < 4.78 is 5.93. The number of rotatable bonds is 6. The van der Waals surface area contributed by atoms with Gasteiger partial charge in [0.2, 0.25) is 0 Å². The molecule has 138 valence electrons. The molecule has 1 aromatic carbocycles. The largest absolute Gasteiger partial charge is 0.458 e. The Hall–Kier alpha value is -2.08. The topological polar surface area (TPSA) is 55.3 Å². The summed E-state index contributed by atoms with van der Waals surface area (Å²) in [4.78, 5) is 24.5. The van der Waals surface area contributed by atoms with Gasteiger partial charge in [0.25, 0.3) is 5.91 Å². The maximum absolute atomic E-state index is 13.0. The number of likely N-dealkylation sites (tertiary alicyclic amines) is 1. The number of thioether (sulfide) groups is 1. The molecule has 1 aromatic heterocycles. The third-order valence-corrected chi connectivity index (χ3v) is 5.40. The Balaban J connectivity index is 1.67. The molecule has 0 aliphatic carbocycles. The number of hydrogen-bond donors (Lipinski definition) is 0. The minimum atomic E-state index is -0.0637. The van der Waals surface area contributed by atoms with E-state index in [9.17, 15) is 4.79 Å². The van der Waals surface area contributed by atoms with Gasteiger partial charge < -0.3 is 9.64 Å². The molecule has 1 saturated heterocycles. The first kappa shape index (κ1) is 18.7. The normalized spacial score (nSPS) is 17.2. The lowest BCUT2D eigenvalue weighted by molar-refractivity contribution is 0.0512. The maximum Gasteiger partial charge on any atom is 0.316 e. The van der Waals surface area contributed by atoms with Crippen LogP contribution in [0.1, 0.15) is 42.6 Å². The zero-order valence-corrected chi connectivity index (χ0v) is 16.2. The van der Waals surface area contributed by atoms with Crippen LogP contribution in [0.25, 0.3) is 0 Å². The highest BCUT2D eigenvalue weighted by molar-refractivity contribution is 7.99. The molecule has 1 aliphatic heterocycles. The minimum Gasteiger partial charge on any atom is -0.458 e. The molecule has 1 atom stereocenters. The molecular weight excluding hydrogens is 346 g/mol. The van der Waals surface area contributed by atoms with E-state index >= 15 is 0 Å². The van der Waals surface area contributed by atoms with Gasteiger partial charge >= 0.3 is 6.01 Å². The Morgan fingerprint density at radius 2 is 2.04 bits per heavy atom. The van der Waals surface area contributed by atoms with E-state index in [4.69, 9.17) is 4.74 Å². The van der Waals surface area contributed by atoms with Gasteiger partial charge in [-0.1, -0.05) is 26.0 Å². The second-order valence-electron chi connectivity index (χ2n) is 6.29.